The second-order valence-electron chi connectivity index (χ2n) is 5.01. The van der Waals surface area contributed by atoms with Crippen molar-refractivity contribution >= 4 is 0 Å². The summed E-state index contributed by atoms with van der Waals surface area (Å²) < 4.78 is 5.79. The average molecular weight is 222 g/mol. The Morgan fingerprint density at radius 1 is 1.38 bits per heavy atom. The second-order valence-corrected chi connectivity index (χ2v) is 5.01. The Kier molecular flexibility index (Phi) is 3.99. The van der Waals surface area contributed by atoms with Gasteiger partial charge in [0.25, 0.3) is 0 Å². The van der Waals surface area contributed by atoms with E-state index >= 15 is 0 Å². The SMILES string of the molecule is CC1CCC(c2cnc(CCCN)o2)CC1. The molecule has 0 saturated heterocycles. The molecule has 0 aliphatic heterocycles. The summed E-state index contributed by atoms with van der Waals surface area (Å²) in [5.41, 5.74) is 5.47. The van der Waals surface area contributed by atoms with Gasteiger partial charge in [-0.1, -0.05) is 19.8 Å². The van der Waals surface area contributed by atoms with Crippen LogP contribution in [0.15, 0.2) is 10.6 Å². The highest BCUT2D eigenvalue weighted by Gasteiger charge is 2.22. The molecular formula is C13H22N2O. The molecule has 0 radical (unpaired) electrons. The van der Waals surface area contributed by atoms with Crippen molar-refractivity contribution in [2.45, 2.75) is 51.4 Å². The van der Waals surface area contributed by atoms with Gasteiger partial charge in [-0.3, -0.25) is 0 Å². The number of rotatable bonds is 4. The fourth-order valence-corrected chi connectivity index (χ4v) is 2.43. The Bertz CT molecular complexity index is 313. The van der Waals surface area contributed by atoms with E-state index in [-0.39, 0.29) is 0 Å². The predicted octanol–water partition coefficient (Wildman–Crippen LogP) is 2.86. The molecule has 1 aliphatic carbocycles. The van der Waals surface area contributed by atoms with Gasteiger partial charge in [-0.05, 0) is 31.7 Å². The number of hydrogen-bond donors (Lipinski definition) is 1. The maximum absolute atomic E-state index is 5.79. The van der Waals surface area contributed by atoms with E-state index < -0.39 is 0 Å². The molecule has 0 amide bonds. The smallest absolute Gasteiger partial charge is 0.194 e. The van der Waals surface area contributed by atoms with Crippen molar-refractivity contribution < 1.29 is 4.42 Å². The van der Waals surface area contributed by atoms with Crippen LogP contribution >= 0.6 is 0 Å². The van der Waals surface area contributed by atoms with Crippen molar-refractivity contribution in [3.63, 3.8) is 0 Å². The van der Waals surface area contributed by atoms with Crippen molar-refractivity contribution in [3.8, 4) is 0 Å². The van der Waals surface area contributed by atoms with Gasteiger partial charge in [0.05, 0.1) is 6.20 Å². The predicted molar refractivity (Wildman–Crippen MR) is 64.3 cm³/mol. The zero-order valence-electron chi connectivity index (χ0n) is 10.1. The molecule has 0 bridgehead atoms. The third-order valence-corrected chi connectivity index (χ3v) is 3.58. The molecule has 90 valence electrons. The van der Waals surface area contributed by atoms with Gasteiger partial charge >= 0.3 is 0 Å². The number of aryl methyl sites for hydroxylation is 1. The lowest BCUT2D eigenvalue weighted by atomic mass is 9.82. The summed E-state index contributed by atoms with van der Waals surface area (Å²) in [6.45, 7) is 3.04. The molecule has 1 saturated carbocycles. The highest BCUT2D eigenvalue weighted by molar-refractivity contribution is 5.03. The Balaban J connectivity index is 1.91. The van der Waals surface area contributed by atoms with E-state index in [0.29, 0.717) is 12.5 Å². The highest BCUT2D eigenvalue weighted by Crippen LogP contribution is 2.35. The molecule has 0 atom stereocenters. The minimum atomic E-state index is 0.607. The lowest BCUT2D eigenvalue weighted by Gasteiger charge is -2.24. The Labute approximate surface area is 97.4 Å². The molecule has 2 rings (SSSR count). The lowest BCUT2D eigenvalue weighted by molar-refractivity contribution is 0.308. The van der Waals surface area contributed by atoms with E-state index in [4.69, 9.17) is 10.2 Å². The van der Waals surface area contributed by atoms with Crippen LogP contribution in [0, 0.1) is 5.92 Å². The zero-order valence-corrected chi connectivity index (χ0v) is 10.1. The van der Waals surface area contributed by atoms with Crippen LogP contribution in [0.25, 0.3) is 0 Å². The summed E-state index contributed by atoms with van der Waals surface area (Å²) >= 11 is 0. The van der Waals surface area contributed by atoms with E-state index in [1.807, 2.05) is 6.20 Å². The van der Waals surface area contributed by atoms with E-state index in [9.17, 15) is 0 Å². The molecule has 1 heterocycles. The van der Waals surface area contributed by atoms with Crippen molar-refractivity contribution in [2.75, 3.05) is 6.54 Å². The normalized spacial score (nSPS) is 25.9. The first-order valence-corrected chi connectivity index (χ1v) is 6.44. The van der Waals surface area contributed by atoms with E-state index in [1.165, 1.54) is 25.7 Å². The van der Waals surface area contributed by atoms with Gasteiger partial charge in [-0.2, -0.15) is 0 Å². The molecule has 1 aromatic rings. The van der Waals surface area contributed by atoms with Gasteiger partial charge < -0.3 is 10.2 Å². The molecule has 0 spiro atoms. The van der Waals surface area contributed by atoms with Crippen LogP contribution in [-0.4, -0.2) is 11.5 Å². The average Bonchev–Trinajstić information content (AvgIpc) is 2.76. The summed E-state index contributed by atoms with van der Waals surface area (Å²) in [7, 11) is 0. The first kappa shape index (κ1) is 11.6. The molecule has 1 aromatic heterocycles. The molecule has 1 fully saturated rings. The molecule has 2 N–H and O–H groups in total. The van der Waals surface area contributed by atoms with Crippen molar-refractivity contribution in [1.82, 2.24) is 4.98 Å². The first-order chi connectivity index (χ1) is 7.79. The van der Waals surface area contributed by atoms with Crippen molar-refractivity contribution in [2.24, 2.45) is 11.7 Å². The summed E-state index contributed by atoms with van der Waals surface area (Å²) in [5.74, 6) is 3.45. The standard InChI is InChI=1S/C13H22N2O/c1-10-4-6-11(7-5-10)12-9-15-13(16-12)3-2-8-14/h9-11H,2-8,14H2,1H3. The molecule has 0 unspecified atom stereocenters. The maximum Gasteiger partial charge on any atom is 0.194 e. The van der Waals surface area contributed by atoms with E-state index in [1.54, 1.807) is 0 Å². The largest absolute Gasteiger partial charge is 0.445 e. The van der Waals surface area contributed by atoms with Crippen LogP contribution in [0.5, 0.6) is 0 Å². The summed E-state index contributed by atoms with van der Waals surface area (Å²) in [6.07, 6.45) is 8.92. The Morgan fingerprint density at radius 3 is 2.81 bits per heavy atom. The summed E-state index contributed by atoms with van der Waals surface area (Å²) in [5, 5.41) is 0. The second kappa shape index (κ2) is 5.48. The van der Waals surface area contributed by atoms with Gasteiger partial charge in [-0.25, -0.2) is 4.98 Å². The fraction of sp³-hybridized carbons (Fsp3) is 0.769. The highest BCUT2D eigenvalue weighted by atomic mass is 16.4. The third kappa shape index (κ3) is 2.85. The molecule has 16 heavy (non-hydrogen) atoms. The molecular weight excluding hydrogens is 200 g/mol. The van der Waals surface area contributed by atoms with Crippen LogP contribution in [0.3, 0.4) is 0 Å². The van der Waals surface area contributed by atoms with Crippen LogP contribution in [0.2, 0.25) is 0 Å². The Hall–Kier alpha value is -0.830. The first-order valence-electron chi connectivity index (χ1n) is 6.44. The monoisotopic (exact) mass is 222 g/mol. The number of oxazole rings is 1. The number of aromatic nitrogens is 1. The molecule has 3 nitrogen and oxygen atoms in total. The molecule has 1 aliphatic rings. The van der Waals surface area contributed by atoms with Crippen LogP contribution < -0.4 is 5.73 Å². The van der Waals surface area contributed by atoms with Gasteiger partial charge in [0.15, 0.2) is 5.89 Å². The zero-order chi connectivity index (χ0) is 11.4. The van der Waals surface area contributed by atoms with Crippen LogP contribution in [0.1, 0.15) is 56.6 Å². The molecule has 0 aromatic carbocycles. The molecule has 3 heteroatoms. The lowest BCUT2D eigenvalue weighted by Crippen LogP contribution is -2.10. The third-order valence-electron chi connectivity index (χ3n) is 3.58. The number of nitrogens with two attached hydrogens (primary N) is 1. The number of hydrogen-bond acceptors (Lipinski definition) is 3. The van der Waals surface area contributed by atoms with E-state index in [2.05, 4.69) is 11.9 Å². The minimum Gasteiger partial charge on any atom is -0.445 e. The Morgan fingerprint density at radius 2 is 2.12 bits per heavy atom. The maximum atomic E-state index is 5.79. The van der Waals surface area contributed by atoms with Gasteiger partial charge in [0.1, 0.15) is 5.76 Å². The quantitative estimate of drug-likeness (QED) is 0.852. The van der Waals surface area contributed by atoms with E-state index in [0.717, 1.165) is 30.4 Å². The van der Waals surface area contributed by atoms with Gasteiger partial charge in [0.2, 0.25) is 0 Å². The fourth-order valence-electron chi connectivity index (χ4n) is 2.43. The van der Waals surface area contributed by atoms with Crippen molar-refractivity contribution in [3.05, 3.63) is 17.8 Å². The summed E-state index contributed by atoms with van der Waals surface area (Å²) in [4.78, 5) is 4.33. The van der Waals surface area contributed by atoms with Crippen molar-refractivity contribution in [1.29, 1.82) is 0 Å². The number of nitrogens with zero attached hydrogens (tertiary/aromatic N) is 1. The van der Waals surface area contributed by atoms with Crippen LogP contribution in [-0.2, 0) is 6.42 Å². The van der Waals surface area contributed by atoms with Gasteiger partial charge in [0, 0.05) is 12.3 Å². The summed E-state index contributed by atoms with van der Waals surface area (Å²) in [6, 6.07) is 0. The van der Waals surface area contributed by atoms with Gasteiger partial charge in [-0.15, -0.1) is 0 Å². The minimum absolute atomic E-state index is 0.607. The topological polar surface area (TPSA) is 52.0 Å². The van der Waals surface area contributed by atoms with Crippen LogP contribution in [0.4, 0.5) is 0 Å².